The largest absolute Gasteiger partial charge is 0.408 e. The lowest BCUT2D eigenvalue weighted by Crippen LogP contribution is -2.37. The minimum atomic E-state index is -4.37. The first-order valence-corrected chi connectivity index (χ1v) is 7.99. The Labute approximate surface area is 137 Å². The zero-order valence-electron chi connectivity index (χ0n) is 13.1. The molecule has 24 heavy (non-hydrogen) atoms. The van der Waals surface area contributed by atoms with Crippen molar-refractivity contribution in [1.29, 1.82) is 0 Å². The molecule has 0 aromatic carbocycles. The van der Waals surface area contributed by atoms with Crippen molar-refractivity contribution in [2.24, 2.45) is 11.8 Å². The van der Waals surface area contributed by atoms with E-state index in [9.17, 15) is 22.8 Å². The van der Waals surface area contributed by atoms with Crippen LogP contribution in [0.1, 0.15) is 25.7 Å². The van der Waals surface area contributed by atoms with E-state index in [1.807, 2.05) is 0 Å². The van der Waals surface area contributed by atoms with Crippen LogP contribution in [-0.4, -0.2) is 40.9 Å². The quantitative estimate of drug-likeness (QED) is 0.884. The van der Waals surface area contributed by atoms with Crippen molar-refractivity contribution in [2.75, 3.05) is 18.0 Å². The number of alkyl halides is 3. The molecule has 1 aromatic heterocycles. The zero-order chi connectivity index (χ0) is 17.3. The normalized spacial score (nSPS) is 21.9. The minimum Gasteiger partial charge on any atom is -0.356 e. The van der Waals surface area contributed by atoms with Crippen LogP contribution in [0.25, 0.3) is 0 Å². The van der Waals surface area contributed by atoms with Crippen molar-refractivity contribution in [3.05, 3.63) is 12.4 Å². The van der Waals surface area contributed by atoms with Crippen LogP contribution in [0.3, 0.4) is 0 Å². The van der Waals surface area contributed by atoms with Gasteiger partial charge in [-0.1, -0.05) is 6.42 Å². The third-order valence-corrected chi connectivity index (χ3v) is 4.56. The van der Waals surface area contributed by atoms with E-state index < -0.39 is 18.6 Å². The first-order chi connectivity index (χ1) is 11.3. The fourth-order valence-electron chi connectivity index (χ4n) is 2.98. The van der Waals surface area contributed by atoms with Crippen LogP contribution in [0.4, 0.5) is 18.9 Å². The molecule has 2 fully saturated rings. The summed E-state index contributed by atoms with van der Waals surface area (Å²) in [5, 5.41) is 6.50. The number of aromatic nitrogens is 2. The fraction of sp³-hybridized carbons (Fsp3) is 0.667. The number of anilines is 1. The molecule has 132 valence electrons. The van der Waals surface area contributed by atoms with E-state index in [1.165, 1.54) is 23.7 Å². The summed E-state index contributed by atoms with van der Waals surface area (Å²) in [6.07, 6.45) is 1.53. The lowest BCUT2D eigenvalue weighted by atomic mass is 9.85. The summed E-state index contributed by atoms with van der Waals surface area (Å²) < 4.78 is 37.8. The summed E-state index contributed by atoms with van der Waals surface area (Å²) in [7, 11) is 0. The first-order valence-electron chi connectivity index (χ1n) is 7.99. The topological polar surface area (TPSA) is 67.2 Å². The monoisotopic (exact) mass is 344 g/mol. The van der Waals surface area contributed by atoms with Gasteiger partial charge in [0.15, 0.2) is 0 Å². The van der Waals surface area contributed by atoms with E-state index >= 15 is 0 Å². The molecule has 2 heterocycles. The van der Waals surface area contributed by atoms with Gasteiger partial charge in [-0.05, 0) is 18.8 Å². The molecule has 1 saturated carbocycles. The Morgan fingerprint density at radius 1 is 1.38 bits per heavy atom. The van der Waals surface area contributed by atoms with Gasteiger partial charge in [-0.3, -0.25) is 14.3 Å². The summed E-state index contributed by atoms with van der Waals surface area (Å²) in [6.45, 7) is -0.402. The smallest absolute Gasteiger partial charge is 0.356 e. The summed E-state index contributed by atoms with van der Waals surface area (Å²) >= 11 is 0. The molecule has 1 aliphatic heterocycles. The van der Waals surface area contributed by atoms with Crippen molar-refractivity contribution >= 4 is 17.5 Å². The summed E-state index contributed by atoms with van der Waals surface area (Å²) in [6, 6.07) is 0. The Bertz CT molecular complexity index is 624. The van der Waals surface area contributed by atoms with Crippen molar-refractivity contribution in [3.8, 4) is 0 Å². The van der Waals surface area contributed by atoms with Crippen LogP contribution < -0.4 is 10.2 Å². The highest BCUT2D eigenvalue weighted by Crippen LogP contribution is 2.27. The van der Waals surface area contributed by atoms with Gasteiger partial charge >= 0.3 is 6.18 Å². The third-order valence-electron chi connectivity index (χ3n) is 4.56. The summed E-state index contributed by atoms with van der Waals surface area (Å²) in [5.74, 6) is -0.378. The van der Waals surface area contributed by atoms with Gasteiger partial charge in [0, 0.05) is 25.7 Å². The molecule has 2 amide bonds. The SMILES string of the molecule is O=C(NCC1CCC1)[C@H]1CC(=O)N(c2cnn(CC(F)(F)F)c2)C1. The van der Waals surface area contributed by atoms with E-state index in [1.54, 1.807) is 0 Å². The van der Waals surface area contributed by atoms with Gasteiger partial charge in [-0.25, -0.2) is 0 Å². The maximum absolute atomic E-state index is 12.4. The van der Waals surface area contributed by atoms with Gasteiger partial charge in [0.05, 0.1) is 17.8 Å². The summed E-state index contributed by atoms with van der Waals surface area (Å²) in [4.78, 5) is 25.5. The predicted molar refractivity (Wildman–Crippen MR) is 79.1 cm³/mol. The number of nitrogens with one attached hydrogen (secondary N) is 1. The molecule has 0 bridgehead atoms. The number of nitrogens with zero attached hydrogens (tertiary/aromatic N) is 3. The number of rotatable bonds is 5. The molecule has 0 unspecified atom stereocenters. The van der Waals surface area contributed by atoms with E-state index in [0.717, 1.165) is 17.5 Å². The van der Waals surface area contributed by atoms with Crippen LogP contribution >= 0.6 is 0 Å². The molecule has 1 N–H and O–H groups in total. The number of hydrogen-bond acceptors (Lipinski definition) is 3. The van der Waals surface area contributed by atoms with E-state index in [4.69, 9.17) is 0 Å². The molecule has 1 aromatic rings. The second-order valence-electron chi connectivity index (χ2n) is 6.46. The number of halogens is 3. The van der Waals surface area contributed by atoms with E-state index in [0.29, 0.717) is 18.2 Å². The van der Waals surface area contributed by atoms with Crippen molar-refractivity contribution in [2.45, 2.75) is 38.4 Å². The number of hydrogen-bond donors (Lipinski definition) is 1. The Balaban J connectivity index is 1.57. The van der Waals surface area contributed by atoms with Crippen LogP contribution in [0.5, 0.6) is 0 Å². The highest BCUT2D eigenvalue weighted by molar-refractivity contribution is 6.00. The van der Waals surface area contributed by atoms with Crippen LogP contribution in [0.2, 0.25) is 0 Å². The molecule has 0 spiro atoms. The molecular weight excluding hydrogens is 325 g/mol. The van der Waals surface area contributed by atoms with Crippen LogP contribution in [0, 0.1) is 11.8 Å². The zero-order valence-corrected chi connectivity index (χ0v) is 13.1. The van der Waals surface area contributed by atoms with Crippen molar-refractivity contribution < 1.29 is 22.8 Å². The highest BCUT2D eigenvalue weighted by atomic mass is 19.4. The second-order valence-corrected chi connectivity index (χ2v) is 6.46. The van der Waals surface area contributed by atoms with Gasteiger partial charge in [0.25, 0.3) is 0 Å². The van der Waals surface area contributed by atoms with Crippen LogP contribution in [-0.2, 0) is 16.1 Å². The molecule has 3 rings (SSSR count). The highest BCUT2D eigenvalue weighted by Gasteiger charge is 2.36. The molecule has 9 heteroatoms. The Hall–Kier alpha value is -2.06. The van der Waals surface area contributed by atoms with Crippen LogP contribution in [0.15, 0.2) is 12.4 Å². The third kappa shape index (κ3) is 3.88. The maximum atomic E-state index is 12.4. The van der Waals surface area contributed by atoms with Gasteiger partial charge in [-0.2, -0.15) is 18.3 Å². The molecule has 1 saturated heterocycles. The Morgan fingerprint density at radius 2 is 2.12 bits per heavy atom. The first kappa shape index (κ1) is 16.8. The number of carbonyl (C=O) groups excluding carboxylic acids is 2. The minimum absolute atomic E-state index is 0.0704. The van der Waals surface area contributed by atoms with Crippen molar-refractivity contribution in [3.63, 3.8) is 0 Å². The van der Waals surface area contributed by atoms with Gasteiger partial charge in [0.2, 0.25) is 11.8 Å². The fourth-order valence-corrected chi connectivity index (χ4v) is 2.98. The molecule has 0 radical (unpaired) electrons. The molecular formula is C15H19F3N4O2. The van der Waals surface area contributed by atoms with Gasteiger partial charge < -0.3 is 10.2 Å². The molecule has 1 atom stereocenters. The van der Waals surface area contributed by atoms with Gasteiger partial charge in [-0.15, -0.1) is 0 Å². The van der Waals surface area contributed by atoms with Gasteiger partial charge in [0.1, 0.15) is 6.54 Å². The lowest BCUT2D eigenvalue weighted by molar-refractivity contribution is -0.142. The lowest BCUT2D eigenvalue weighted by Gasteiger charge is -2.26. The average molecular weight is 344 g/mol. The van der Waals surface area contributed by atoms with E-state index in [2.05, 4.69) is 10.4 Å². The molecule has 2 aliphatic rings. The maximum Gasteiger partial charge on any atom is 0.408 e. The summed E-state index contributed by atoms with van der Waals surface area (Å²) in [5.41, 5.74) is 0.290. The second kappa shape index (κ2) is 6.45. The average Bonchev–Trinajstić information content (AvgIpc) is 3.01. The number of carbonyl (C=O) groups is 2. The standard InChI is InChI=1S/C15H19F3N4O2/c16-15(17,18)9-21-8-12(6-20-21)22-7-11(4-13(22)23)14(24)19-5-10-2-1-3-10/h6,8,10-11H,1-5,7,9H2,(H,19,24)/t11-/m0/s1. The Morgan fingerprint density at radius 3 is 2.75 bits per heavy atom. The Kier molecular flexibility index (Phi) is 4.51. The van der Waals surface area contributed by atoms with Crippen molar-refractivity contribution in [1.82, 2.24) is 15.1 Å². The molecule has 6 nitrogen and oxygen atoms in total. The van der Waals surface area contributed by atoms with E-state index in [-0.39, 0.29) is 24.8 Å². The number of amides is 2. The molecule has 1 aliphatic carbocycles. The predicted octanol–water partition coefficient (Wildman–Crippen LogP) is 1.71.